The van der Waals surface area contributed by atoms with Gasteiger partial charge in [0.05, 0.1) is 11.0 Å². The smallest absolute Gasteiger partial charge is 0.262 e. The van der Waals surface area contributed by atoms with E-state index in [9.17, 15) is 14.4 Å². The maximum Gasteiger partial charge on any atom is 0.262 e. The molecule has 0 bridgehead atoms. The Labute approximate surface area is 187 Å². The Hall–Kier alpha value is -1.90. The Kier molecular flexibility index (Phi) is 6.89. The number of ether oxygens (including phenoxy) is 1. The van der Waals surface area contributed by atoms with Crippen LogP contribution in [0.1, 0.15) is 49.2 Å². The molecule has 2 N–H and O–H groups in total. The van der Waals surface area contributed by atoms with Gasteiger partial charge in [-0.05, 0) is 49.1 Å². The van der Waals surface area contributed by atoms with Crippen molar-refractivity contribution in [2.24, 2.45) is 5.92 Å². The van der Waals surface area contributed by atoms with Gasteiger partial charge < -0.3 is 15.4 Å². The van der Waals surface area contributed by atoms with Gasteiger partial charge in [-0.3, -0.25) is 14.4 Å². The quantitative estimate of drug-likeness (QED) is 0.711. The maximum atomic E-state index is 13.1. The van der Waals surface area contributed by atoms with Gasteiger partial charge in [0.25, 0.3) is 5.91 Å². The molecular formula is C22H28N2O4S2. The highest BCUT2D eigenvalue weighted by Crippen LogP contribution is 2.38. The zero-order chi connectivity index (χ0) is 20.6. The van der Waals surface area contributed by atoms with Crippen molar-refractivity contribution < 1.29 is 19.1 Å². The Bertz CT molecular complexity index is 925. The first-order chi connectivity index (χ1) is 13.9. The minimum Gasteiger partial charge on any atom is -0.367 e. The van der Waals surface area contributed by atoms with Crippen LogP contribution >= 0.6 is 24.8 Å². The molecule has 30 heavy (non-hydrogen) atoms. The van der Waals surface area contributed by atoms with Crippen molar-refractivity contribution in [3.8, 4) is 0 Å². The second kappa shape index (κ2) is 9.08. The predicted molar refractivity (Wildman–Crippen MR) is 122 cm³/mol. The lowest BCUT2D eigenvalue weighted by atomic mass is 9.91. The average Bonchev–Trinajstić information content (AvgIpc) is 3.36. The van der Waals surface area contributed by atoms with Crippen LogP contribution in [0.3, 0.4) is 0 Å². The number of benzene rings is 1. The first kappa shape index (κ1) is 22.8. The van der Waals surface area contributed by atoms with Crippen LogP contribution in [0.2, 0.25) is 0 Å². The largest absolute Gasteiger partial charge is 0.367 e. The molecule has 2 aliphatic rings. The monoisotopic (exact) mass is 448 g/mol. The highest BCUT2D eigenvalue weighted by atomic mass is 32.1. The SMILES string of the molecule is CC(C)C[C@H](NC(=O)c1cc2ccccc2s1)C(=O)N[C@]12CCC[C@H]1OCC2=O.S. The second-order valence-corrected chi connectivity index (χ2v) is 9.46. The van der Waals surface area contributed by atoms with Crippen LogP contribution in [-0.4, -0.2) is 41.9 Å². The van der Waals surface area contributed by atoms with E-state index in [1.807, 2.05) is 44.2 Å². The molecule has 2 fully saturated rings. The number of nitrogens with one attached hydrogen (secondary N) is 2. The Morgan fingerprint density at radius 2 is 2.07 bits per heavy atom. The number of fused-ring (bicyclic) bond motifs is 2. The highest BCUT2D eigenvalue weighted by molar-refractivity contribution is 7.59. The summed E-state index contributed by atoms with van der Waals surface area (Å²) in [6, 6.07) is 8.96. The molecule has 8 heteroatoms. The Morgan fingerprint density at radius 3 is 2.80 bits per heavy atom. The van der Waals surface area contributed by atoms with E-state index in [4.69, 9.17) is 4.74 Å². The molecule has 6 nitrogen and oxygen atoms in total. The minimum atomic E-state index is -0.922. The zero-order valence-corrected chi connectivity index (χ0v) is 19.0. The van der Waals surface area contributed by atoms with Crippen LogP contribution < -0.4 is 10.6 Å². The number of ketones is 1. The fourth-order valence-corrected chi connectivity index (χ4v) is 5.33. The van der Waals surface area contributed by atoms with Crippen LogP contribution in [0.25, 0.3) is 10.1 Å². The number of carbonyl (C=O) groups is 3. The van der Waals surface area contributed by atoms with Gasteiger partial charge >= 0.3 is 0 Å². The molecule has 1 aromatic carbocycles. The molecule has 4 rings (SSSR count). The number of carbonyl (C=O) groups excluding carboxylic acids is 3. The zero-order valence-electron chi connectivity index (χ0n) is 17.2. The summed E-state index contributed by atoms with van der Waals surface area (Å²) in [6.45, 7) is 4.06. The number of amides is 2. The molecule has 1 saturated heterocycles. The maximum absolute atomic E-state index is 13.1. The molecule has 0 unspecified atom stereocenters. The third-order valence-electron chi connectivity index (χ3n) is 5.82. The minimum absolute atomic E-state index is 0. The van der Waals surface area contributed by atoms with E-state index in [-0.39, 0.29) is 49.7 Å². The van der Waals surface area contributed by atoms with Crippen LogP contribution in [0.15, 0.2) is 30.3 Å². The summed E-state index contributed by atoms with van der Waals surface area (Å²) >= 11 is 1.41. The summed E-state index contributed by atoms with van der Waals surface area (Å²) in [5.74, 6) is -0.422. The molecule has 0 radical (unpaired) electrons. The molecule has 0 spiro atoms. The molecule has 2 amide bonds. The number of rotatable bonds is 6. The topological polar surface area (TPSA) is 84.5 Å². The summed E-state index contributed by atoms with van der Waals surface area (Å²) < 4.78 is 6.62. The van der Waals surface area contributed by atoms with Crippen molar-refractivity contribution >= 4 is 52.5 Å². The van der Waals surface area contributed by atoms with Crippen LogP contribution in [-0.2, 0) is 14.3 Å². The van der Waals surface area contributed by atoms with Gasteiger partial charge in [-0.2, -0.15) is 13.5 Å². The summed E-state index contributed by atoms with van der Waals surface area (Å²) in [7, 11) is 0. The molecule has 2 aromatic rings. The van der Waals surface area contributed by atoms with E-state index in [1.54, 1.807) is 0 Å². The molecule has 162 valence electrons. The molecule has 3 atom stereocenters. The summed E-state index contributed by atoms with van der Waals surface area (Å²) in [5.41, 5.74) is -0.922. The summed E-state index contributed by atoms with van der Waals surface area (Å²) in [6.07, 6.45) is 2.46. The fraction of sp³-hybridized carbons (Fsp3) is 0.500. The first-order valence-corrected chi connectivity index (χ1v) is 11.0. The number of thiophene rings is 1. The molecular weight excluding hydrogens is 420 g/mol. The van der Waals surface area contributed by atoms with E-state index >= 15 is 0 Å². The van der Waals surface area contributed by atoms with E-state index in [0.29, 0.717) is 17.7 Å². The second-order valence-electron chi connectivity index (χ2n) is 8.38. The van der Waals surface area contributed by atoms with E-state index in [1.165, 1.54) is 11.3 Å². The Morgan fingerprint density at radius 1 is 1.30 bits per heavy atom. The third kappa shape index (κ3) is 4.26. The third-order valence-corrected chi connectivity index (χ3v) is 6.94. The van der Waals surface area contributed by atoms with Crippen molar-refractivity contribution in [1.29, 1.82) is 0 Å². The lowest BCUT2D eigenvalue weighted by Crippen LogP contribution is -2.60. The molecule has 1 aliphatic carbocycles. The molecule has 1 aromatic heterocycles. The van der Waals surface area contributed by atoms with Gasteiger partial charge in [-0.1, -0.05) is 32.0 Å². The normalized spacial score (nSPS) is 23.8. The summed E-state index contributed by atoms with van der Waals surface area (Å²) in [4.78, 5) is 39.0. The van der Waals surface area contributed by atoms with Crippen LogP contribution in [0.4, 0.5) is 0 Å². The lowest BCUT2D eigenvalue weighted by Gasteiger charge is -2.30. The predicted octanol–water partition coefficient (Wildman–Crippen LogP) is 3.17. The average molecular weight is 449 g/mol. The number of hydrogen-bond donors (Lipinski definition) is 2. The van der Waals surface area contributed by atoms with E-state index in [2.05, 4.69) is 10.6 Å². The van der Waals surface area contributed by atoms with E-state index in [0.717, 1.165) is 22.9 Å². The van der Waals surface area contributed by atoms with Gasteiger partial charge in [0.2, 0.25) is 5.91 Å². The first-order valence-electron chi connectivity index (χ1n) is 10.2. The van der Waals surface area contributed by atoms with Gasteiger partial charge in [0.1, 0.15) is 18.2 Å². The van der Waals surface area contributed by atoms with Crippen molar-refractivity contribution in [2.45, 2.75) is 57.2 Å². The number of hydrogen-bond acceptors (Lipinski definition) is 5. The lowest BCUT2D eigenvalue weighted by molar-refractivity contribution is -0.131. The van der Waals surface area contributed by atoms with Crippen LogP contribution in [0.5, 0.6) is 0 Å². The number of Topliss-reactive ketones (excluding diaryl/α,β-unsaturated/α-hetero) is 1. The summed E-state index contributed by atoms with van der Waals surface area (Å²) in [5, 5.41) is 6.87. The fourth-order valence-electron chi connectivity index (χ4n) is 4.37. The van der Waals surface area contributed by atoms with Crippen molar-refractivity contribution in [1.82, 2.24) is 10.6 Å². The van der Waals surface area contributed by atoms with Gasteiger partial charge in [-0.25, -0.2) is 0 Å². The molecule has 2 heterocycles. The van der Waals surface area contributed by atoms with Gasteiger partial charge in [0, 0.05) is 4.70 Å². The van der Waals surface area contributed by atoms with Gasteiger partial charge in [-0.15, -0.1) is 11.3 Å². The highest BCUT2D eigenvalue weighted by Gasteiger charge is 2.55. The molecule has 1 saturated carbocycles. The van der Waals surface area contributed by atoms with Crippen LogP contribution in [0, 0.1) is 5.92 Å². The Balaban J connectivity index is 0.00000256. The van der Waals surface area contributed by atoms with Crippen molar-refractivity contribution in [3.63, 3.8) is 0 Å². The van der Waals surface area contributed by atoms with Crippen molar-refractivity contribution in [3.05, 3.63) is 35.2 Å². The molecule has 1 aliphatic heterocycles. The standard InChI is InChI=1S/C22H26N2O4S.H2S/c1-13(2)10-15(20(26)24-22-9-5-8-19(22)28-12-18(22)25)23-21(27)17-11-14-6-3-4-7-16(14)29-17;/h3-4,6-7,11,13,15,19H,5,8-10,12H2,1-2H3,(H,23,27)(H,24,26);1H2/t15-,19+,22-;/m0./s1. The van der Waals surface area contributed by atoms with E-state index < -0.39 is 11.6 Å². The van der Waals surface area contributed by atoms with Gasteiger partial charge in [0.15, 0.2) is 5.78 Å². The van der Waals surface area contributed by atoms with Crippen molar-refractivity contribution in [2.75, 3.05) is 6.61 Å².